The summed E-state index contributed by atoms with van der Waals surface area (Å²) >= 11 is 5.98. The molecule has 1 aromatic carbocycles. The van der Waals surface area contributed by atoms with Gasteiger partial charge in [0.15, 0.2) is 0 Å². The molecule has 0 bridgehead atoms. The zero-order chi connectivity index (χ0) is 12.3. The molecule has 1 aliphatic rings. The summed E-state index contributed by atoms with van der Waals surface area (Å²) in [6.07, 6.45) is 0. The molecule has 1 heterocycles. The summed E-state index contributed by atoms with van der Waals surface area (Å²) < 4.78 is 0. The Morgan fingerprint density at radius 3 is 3.12 bits per heavy atom. The smallest absolute Gasteiger partial charge is 0.236 e. The van der Waals surface area contributed by atoms with Crippen LogP contribution >= 0.6 is 11.6 Å². The summed E-state index contributed by atoms with van der Waals surface area (Å²) in [6.45, 7) is 2.29. The molecule has 92 valence electrons. The van der Waals surface area contributed by atoms with Gasteiger partial charge in [0.2, 0.25) is 5.91 Å². The third kappa shape index (κ3) is 2.77. The maximum absolute atomic E-state index is 11.8. The average molecular weight is 254 g/mol. The highest BCUT2D eigenvalue weighted by atomic mass is 35.5. The fourth-order valence-corrected chi connectivity index (χ4v) is 2.33. The molecule has 2 rings (SSSR count). The summed E-state index contributed by atoms with van der Waals surface area (Å²) in [5.41, 5.74) is 6.48. The summed E-state index contributed by atoms with van der Waals surface area (Å²) in [4.78, 5) is 13.6. The number of nitrogens with two attached hydrogens (primary N) is 1. The number of rotatable bonds is 2. The quantitative estimate of drug-likeness (QED) is 0.819. The van der Waals surface area contributed by atoms with Crippen LogP contribution in [0.15, 0.2) is 24.3 Å². The highest BCUT2D eigenvalue weighted by Gasteiger charge is 2.26. The molecule has 4 nitrogen and oxygen atoms in total. The molecule has 5 heteroatoms. The monoisotopic (exact) mass is 253 g/mol. The van der Waals surface area contributed by atoms with Crippen molar-refractivity contribution < 1.29 is 4.79 Å². The van der Waals surface area contributed by atoms with Gasteiger partial charge in [-0.2, -0.15) is 0 Å². The minimum absolute atomic E-state index is 0.0172. The van der Waals surface area contributed by atoms with Crippen molar-refractivity contribution in [2.24, 2.45) is 5.73 Å². The minimum Gasteiger partial charge on any atom is -0.332 e. The highest BCUT2D eigenvalue weighted by molar-refractivity contribution is 6.30. The zero-order valence-electron chi connectivity index (χ0n) is 9.53. The van der Waals surface area contributed by atoms with Gasteiger partial charge in [0, 0.05) is 24.7 Å². The van der Waals surface area contributed by atoms with E-state index < -0.39 is 0 Å². The molecule has 0 aliphatic carbocycles. The van der Waals surface area contributed by atoms with Crippen molar-refractivity contribution in [2.75, 3.05) is 26.2 Å². The van der Waals surface area contributed by atoms with E-state index in [1.54, 1.807) is 0 Å². The Kier molecular flexibility index (Phi) is 3.99. The second-order valence-electron chi connectivity index (χ2n) is 4.07. The first-order chi connectivity index (χ1) is 8.22. The van der Waals surface area contributed by atoms with E-state index in [9.17, 15) is 4.79 Å². The average Bonchev–Trinajstić information content (AvgIpc) is 2.38. The summed E-state index contributed by atoms with van der Waals surface area (Å²) in [5.74, 6) is -0.0172. The van der Waals surface area contributed by atoms with Crippen molar-refractivity contribution in [3.63, 3.8) is 0 Å². The number of carbonyl (C=O) groups is 1. The molecule has 1 aliphatic heterocycles. The van der Waals surface area contributed by atoms with E-state index in [4.69, 9.17) is 17.3 Å². The molecular weight excluding hydrogens is 238 g/mol. The van der Waals surface area contributed by atoms with Gasteiger partial charge in [0.1, 0.15) is 0 Å². The molecule has 0 aromatic heterocycles. The van der Waals surface area contributed by atoms with Gasteiger partial charge in [-0.1, -0.05) is 23.7 Å². The van der Waals surface area contributed by atoms with Crippen LogP contribution in [0.25, 0.3) is 0 Å². The normalized spacial score (nSPS) is 20.4. The molecule has 1 aromatic rings. The van der Waals surface area contributed by atoms with Gasteiger partial charge >= 0.3 is 0 Å². The lowest BCUT2D eigenvalue weighted by atomic mass is 10.0. The number of nitrogens with zero attached hydrogens (tertiary/aromatic N) is 1. The lowest BCUT2D eigenvalue weighted by Gasteiger charge is -2.36. The molecule has 0 saturated carbocycles. The lowest BCUT2D eigenvalue weighted by Crippen LogP contribution is -2.50. The molecule has 17 heavy (non-hydrogen) atoms. The Labute approximate surface area is 106 Å². The van der Waals surface area contributed by atoms with E-state index in [0.717, 1.165) is 18.7 Å². The van der Waals surface area contributed by atoms with E-state index >= 15 is 0 Å². The van der Waals surface area contributed by atoms with Crippen molar-refractivity contribution in [3.8, 4) is 0 Å². The Morgan fingerprint density at radius 2 is 2.41 bits per heavy atom. The minimum atomic E-state index is -0.0172. The number of halogens is 1. The van der Waals surface area contributed by atoms with E-state index in [1.165, 1.54) is 0 Å². The van der Waals surface area contributed by atoms with Crippen LogP contribution in [0.4, 0.5) is 0 Å². The van der Waals surface area contributed by atoms with Gasteiger partial charge in [-0.3, -0.25) is 4.79 Å². The Morgan fingerprint density at radius 1 is 1.59 bits per heavy atom. The predicted octanol–water partition coefficient (Wildman–Crippen LogP) is 0.772. The van der Waals surface area contributed by atoms with Gasteiger partial charge in [0.05, 0.1) is 12.6 Å². The summed E-state index contributed by atoms with van der Waals surface area (Å²) in [5, 5.41) is 3.97. The van der Waals surface area contributed by atoms with Crippen LogP contribution in [0.2, 0.25) is 5.02 Å². The first-order valence-corrected chi connectivity index (χ1v) is 6.06. The number of hydrogen-bond donors (Lipinski definition) is 2. The van der Waals surface area contributed by atoms with E-state index in [-0.39, 0.29) is 18.5 Å². The number of benzene rings is 1. The number of carbonyl (C=O) groups excluding carboxylic acids is 1. The molecule has 0 radical (unpaired) electrons. The largest absolute Gasteiger partial charge is 0.332 e. The van der Waals surface area contributed by atoms with E-state index in [0.29, 0.717) is 11.6 Å². The molecule has 1 fully saturated rings. The van der Waals surface area contributed by atoms with Crippen LogP contribution in [0.3, 0.4) is 0 Å². The number of nitrogens with one attached hydrogen (secondary N) is 1. The third-order valence-electron chi connectivity index (χ3n) is 2.97. The Balaban J connectivity index is 2.24. The molecule has 3 N–H and O–H groups in total. The van der Waals surface area contributed by atoms with Crippen LogP contribution in [0.1, 0.15) is 11.6 Å². The van der Waals surface area contributed by atoms with Crippen LogP contribution in [-0.4, -0.2) is 37.0 Å². The second kappa shape index (κ2) is 5.49. The van der Waals surface area contributed by atoms with Gasteiger partial charge in [-0.15, -0.1) is 0 Å². The molecule has 1 saturated heterocycles. The number of piperazine rings is 1. The van der Waals surface area contributed by atoms with Crippen molar-refractivity contribution in [3.05, 3.63) is 34.9 Å². The number of hydrogen-bond acceptors (Lipinski definition) is 3. The highest BCUT2D eigenvalue weighted by Crippen LogP contribution is 2.24. The molecule has 1 amide bonds. The van der Waals surface area contributed by atoms with E-state index in [1.807, 2.05) is 29.2 Å². The SMILES string of the molecule is NCC(=O)N1CCNCC1c1cccc(Cl)c1. The van der Waals surface area contributed by atoms with Gasteiger partial charge in [-0.25, -0.2) is 0 Å². The first-order valence-electron chi connectivity index (χ1n) is 5.68. The third-order valence-corrected chi connectivity index (χ3v) is 3.21. The molecular formula is C12H16ClN3O. The van der Waals surface area contributed by atoms with Gasteiger partial charge in [0.25, 0.3) is 0 Å². The van der Waals surface area contributed by atoms with Crippen LogP contribution < -0.4 is 11.1 Å². The van der Waals surface area contributed by atoms with Crippen LogP contribution in [-0.2, 0) is 4.79 Å². The Hall–Kier alpha value is -1.10. The van der Waals surface area contributed by atoms with Crippen molar-refractivity contribution in [2.45, 2.75) is 6.04 Å². The molecule has 1 atom stereocenters. The Bertz CT molecular complexity index is 410. The first kappa shape index (κ1) is 12.4. The zero-order valence-corrected chi connectivity index (χ0v) is 10.3. The fourth-order valence-electron chi connectivity index (χ4n) is 2.13. The summed E-state index contributed by atoms with van der Waals surface area (Å²) in [6, 6.07) is 7.64. The van der Waals surface area contributed by atoms with Crippen molar-refractivity contribution in [1.29, 1.82) is 0 Å². The second-order valence-corrected chi connectivity index (χ2v) is 4.50. The molecule has 0 spiro atoms. The molecule has 1 unspecified atom stereocenters. The lowest BCUT2D eigenvalue weighted by molar-refractivity contribution is -0.133. The van der Waals surface area contributed by atoms with Crippen LogP contribution in [0.5, 0.6) is 0 Å². The summed E-state index contributed by atoms with van der Waals surface area (Å²) in [7, 11) is 0. The standard InChI is InChI=1S/C12H16ClN3O/c13-10-3-1-2-9(6-10)11-8-15-4-5-16(11)12(17)7-14/h1-3,6,11,15H,4-5,7-8,14H2. The van der Waals surface area contributed by atoms with Gasteiger partial charge < -0.3 is 16.0 Å². The fraction of sp³-hybridized carbons (Fsp3) is 0.417. The maximum atomic E-state index is 11.8. The van der Waals surface area contributed by atoms with Gasteiger partial charge in [-0.05, 0) is 17.7 Å². The van der Waals surface area contributed by atoms with Crippen molar-refractivity contribution in [1.82, 2.24) is 10.2 Å². The maximum Gasteiger partial charge on any atom is 0.236 e. The topological polar surface area (TPSA) is 58.4 Å². The number of amides is 1. The van der Waals surface area contributed by atoms with Crippen LogP contribution in [0, 0.1) is 0 Å². The van der Waals surface area contributed by atoms with E-state index in [2.05, 4.69) is 5.32 Å². The van der Waals surface area contributed by atoms with Crippen molar-refractivity contribution >= 4 is 17.5 Å². The predicted molar refractivity (Wildman–Crippen MR) is 67.8 cm³/mol.